The third-order valence-corrected chi connectivity index (χ3v) is 7.95. The molecule has 7 nitrogen and oxygen atoms in total. The maximum Gasteiger partial charge on any atom is 0.242 e. The molecule has 3 aromatic rings. The minimum absolute atomic E-state index is 0.0211. The fourth-order valence-electron chi connectivity index (χ4n) is 3.55. The zero-order chi connectivity index (χ0) is 22.9. The van der Waals surface area contributed by atoms with Gasteiger partial charge in [-0.3, -0.25) is 4.79 Å². The number of rotatable bonds is 7. The fraction of sp³-hybridized carbons (Fsp3) is 0.333. The average Bonchev–Trinajstić information content (AvgIpc) is 3.48. The van der Waals surface area contributed by atoms with Gasteiger partial charge < -0.3 is 9.47 Å². The van der Waals surface area contributed by atoms with E-state index in [9.17, 15) is 17.6 Å². The molecule has 1 N–H and O–H groups in total. The number of sulfonamides is 1. The number of nitrogens with zero attached hydrogens (tertiary/aromatic N) is 3. The third kappa shape index (κ3) is 5.03. The van der Waals surface area contributed by atoms with Crippen molar-refractivity contribution in [2.24, 2.45) is 0 Å². The van der Waals surface area contributed by atoms with E-state index in [0.717, 1.165) is 37.7 Å². The number of aryl methyl sites for hydroxylation is 1. The van der Waals surface area contributed by atoms with Gasteiger partial charge in [-0.05, 0) is 43.5 Å². The summed E-state index contributed by atoms with van der Waals surface area (Å²) < 4.78 is 43.3. The Bertz CT molecular complexity index is 1250. The molecule has 4 rings (SSSR count). The highest BCUT2D eigenvalue weighted by atomic mass is 35.5. The Balaban J connectivity index is 1.61. The highest BCUT2D eigenvalue weighted by molar-refractivity contribution is 7.89. The van der Waals surface area contributed by atoms with Crippen LogP contribution in [0.25, 0.3) is 10.7 Å². The summed E-state index contributed by atoms with van der Waals surface area (Å²) in [7, 11) is -3.91. The van der Waals surface area contributed by atoms with E-state index in [1.54, 1.807) is 9.47 Å². The van der Waals surface area contributed by atoms with Crippen molar-refractivity contribution in [3.63, 3.8) is 0 Å². The summed E-state index contributed by atoms with van der Waals surface area (Å²) in [5.74, 6) is -0.549. The van der Waals surface area contributed by atoms with Gasteiger partial charge in [0.2, 0.25) is 15.9 Å². The lowest BCUT2D eigenvalue weighted by molar-refractivity contribution is -0.130. The number of likely N-dealkylation sites (tertiary alicyclic amines) is 1. The number of hydrogen-bond donors (Lipinski definition) is 1. The molecule has 11 heteroatoms. The molecule has 170 valence electrons. The molecule has 1 fully saturated rings. The number of halogens is 2. The van der Waals surface area contributed by atoms with Gasteiger partial charge >= 0.3 is 0 Å². The second kappa shape index (κ2) is 9.30. The molecule has 1 amide bonds. The molecule has 0 spiro atoms. The third-order valence-electron chi connectivity index (χ3n) is 5.25. The molecule has 0 saturated carbocycles. The number of aromatic nitrogens is 2. The number of thiazole rings is 1. The lowest BCUT2D eigenvalue weighted by atomic mass is 10.2. The van der Waals surface area contributed by atoms with Crippen LogP contribution in [0.15, 0.2) is 40.7 Å². The average molecular weight is 497 g/mol. The van der Waals surface area contributed by atoms with Gasteiger partial charge in [0.25, 0.3) is 0 Å². The Labute approximate surface area is 194 Å². The van der Waals surface area contributed by atoms with Crippen LogP contribution in [0.3, 0.4) is 0 Å². The summed E-state index contributed by atoms with van der Waals surface area (Å²) in [6.45, 7) is 3.24. The number of carbonyl (C=O) groups excluding carboxylic acids is 1. The zero-order valence-corrected chi connectivity index (χ0v) is 19.7. The molecule has 0 aliphatic carbocycles. The smallest absolute Gasteiger partial charge is 0.242 e. The molecule has 1 saturated heterocycles. The van der Waals surface area contributed by atoms with Gasteiger partial charge in [-0.25, -0.2) is 22.5 Å². The lowest BCUT2D eigenvalue weighted by Crippen LogP contribution is -2.31. The zero-order valence-electron chi connectivity index (χ0n) is 17.3. The molecule has 0 atom stereocenters. The number of benzene rings is 1. The Kier molecular flexibility index (Phi) is 6.66. The standard InChI is InChI=1S/C21H22ClFN4O3S2/c1-14-13-31-21(25-14)19-9-17(11-27(19)12-20(28)26-6-2-3-7-26)32(29,30)24-10-15-4-5-16(23)8-18(15)22/h4-5,8-9,11,13,24H,2-3,6-7,10,12H2,1H3. The number of nitrogens with one attached hydrogen (secondary N) is 1. The molecule has 1 aliphatic rings. The van der Waals surface area contributed by atoms with E-state index >= 15 is 0 Å². The van der Waals surface area contributed by atoms with Crippen LogP contribution in [0.2, 0.25) is 5.02 Å². The molecule has 1 aromatic carbocycles. The van der Waals surface area contributed by atoms with E-state index < -0.39 is 15.8 Å². The van der Waals surface area contributed by atoms with E-state index in [-0.39, 0.29) is 28.9 Å². The summed E-state index contributed by atoms with van der Waals surface area (Å²) in [6, 6.07) is 5.31. The van der Waals surface area contributed by atoms with Gasteiger partial charge in [0.1, 0.15) is 22.3 Å². The lowest BCUT2D eigenvalue weighted by Gasteiger charge is -2.16. The van der Waals surface area contributed by atoms with E-state index in [1.165, 1.54) is 35.7 Å². The highest BCUT2D eigenvalue weighted by Gasteiger charge is 2.24. The summed E-state index contributed by atoms with van der Waals surface area (Å²) in [4.78, 5) is 19.0. The predicted molar refractivity (Wildman–Crippen MR) is 122 cm³/mol. The first-order valence-electron chi connectivity index (χ1n) is 10.1. The number of amides is 1. The number of hydrogen-bond acceptors (Lipinski definition) is 5. The summed E-state index contributed by atoms with van der Waals surface area (Å²) in [5.41, 5.74) is 1.84. The molecule has 1 aliphatic heterocycles. The van der Waals surface area contributed by atoms with Gasteiger partial charge in [-0.1, -0.05) is 17.7 Å². The fourth-order valence-corrected chi connectivity index (χ4v) is 5.65. The second-order valence-corrected chi connectivity index (χ2v) is 10.7. The van der Waals surface area contributed by atoms with Crippen LogP contribution < -0.4 is 4.72 Å². The van der Waals surface area contributed by atoms with Crippen LogP contribution in [-0.4, -0.2) is 41.9 Å². The first kappa shape index (κ1) is 22.9. The minimum atomic E-state index is -3.91. The first-order valence-corrected chi connectivity index (χ1v) is 12.8. The van der Waals surface area contributed by atoms with Crippen LogP contribution in [0.5, 0.6) is 0 Å². The summed E-state index contributed by atoms with van der Waals surface area (Å²) in [6.07, 6.45) is 3.41. The number of carbonyl (C=O) groups is 1. The molecule has 0 bridgehead atoms. The normalized spacial score (nSPS) is 14.3. The molecule has 2 aromatic heterocycles. The maximum atomic E-state index is 13.3. The molecule has 32 heavy (non-hydrogen) atoms. The van der Waals surface area contributed by atoms with Crippen molar-refractivity contribution in [1.29, 1.82) is 0 Å². The van der Waals surface area contributed by atoms with Gasteiger partial charge in [0.05, 0.1) is 5.69 Å². The van der Waals surface area contributed by atoms with E-state index in [4.69, 9.17) is 11.6 Å². The van der Waals surface area contributed by atoms with E-state index in [1.807, 2.05) is 12.3 Å². The van der Waals surface area contributed by atoms with Crippen LogP contribution in [0.1, 0.15) is 24.1 Å². The Morgan fingerprint density at radius 2 is 2.03 bits per heavy atom. The topological polar surface area (TPSA) is 84.3 Å². The van der Waals surface area contributed by atoms with Crippen molar-refractivity contribution in [3.8, 4) is 10.7 Å². The molecular weight excluding hydrogens is 475 g/mol. The summed E-state index contributed by atoms with van der Waals surface area (Å²) in [5, 5.41) is 2.65. The quantitative estimate of drug-likeness (QED) is 0.539. The van der Waals surface area contributed by atoms with Crippen LogP contribution in [0.4, 0.5) is 4.39 Å². The molecule has 0 unspecified atom stereocenters. The maximum absolute atomic E-state index is 13.3. The van der Waals surface area contributed by atoms with Crippen molar-refractivity contribution in [2.45, 2.75) is 37.8 Å². The summed E-state index contributed by atoms with van der Waals surface area (Å²) >= 11 is 7.40. The van der Waals surface area contributed by atoms with E-state index in [0.29, 0.717) is 16.3 Å². The van der Waals surface area contributed by atoms with Crippen LogP contribution in [0, 0.1) is 12.7 Å². The predicted octanol–water partition coefficient (Wildman–Crippen LogP) is 3.81. The van der Waals surface area contributed by atoms with Gasteiger partial charge in [0.15, 0.2) is 0 Å². The van der Waals surface area contributed by atoms with Crippen molar-refractivity contribution in [2.75, 3.05) is 13.1 Å². The largest absolute Gasteiger partial charge is 0.341 e. The SMILES string of the molecule is Cc1csc(-c2cc(S(=O)(=O)NCc3ccc(F)cc3Cl)cn2CC(=O)N2CCCC2)n1. The monoisotopic (exact) mass is 496 g/mol. The Hall–Kier alpha value is -2.27. The van der Waals surface area contributed by atoms with Crippen LogP contribution >= 0.6 is 22.9 Å². The van der Waals surface area contributed by atoms with Crippen molar-refractivity contribution in [3.05, 3.63) is 57.9 Å². The van der Waals surface area contributed by atoms with Gasteiger partial charge in [0, 0.05) is 41.9 Å². The van der Waals surface area contributed by atoms with Crippen molar-refractivity contribution in [1.82, 2.24) is 19.2 Å². The van der Waals surface area contributed by atoms with Gasteiger partial charge in [-0.15, -0.1) is 11.3 Å². The van der Waals surface area contributed by atoms with Gasteiger partial charge in [-0.2, -0.15) is 0 Å². The van der Waals surface area contributed by atoms with Crippen molar-refractivity contribution < 1.29 is 17.6 Å². The molecule has 0 radical (unpaired) electrons. The second-order valence-electron chi connectivity index (χ2n) is 7.63. The Morgan fingerprint density at radius 3 is 2.69 bits per heavy atom. The van der Waals surface area contributed by atoms with Crippen LogP contribution in [-0.2, 0) is 27.9 Å². The highest BCUT2D eigenvalue weighted by Crippen LogP contribution is 2.28. The van der Waals surface area contributed by atoms with Crippen molar-refractivity contribution >= 4 is 38.9 Å². The van der Waals surface area contributed by atoms with E-state index in [2.05, 4.69) is 9.71 Å². The minimum Gasteiger partial charge on any atom is -0.341 e. The molecule has 3 heterocycles. The molecular formula is C21H22ClFN4O3S2. The first-order chi connectivity index (χ1) is 15.2. The Morgan fingerprint density at radius 1 is 1.28 bits per heavy atom.